The van der Waals surface area contributed by atoms with Gasteiger partial charge in [0.15, 0.2) is 0 Å². The predicted octanol–water partition coefficient (Wildman–Crippen LogP) is 2.08. The van der Waals surface area contributed by atoms with Crippen LogP contribution in [-0.4, -0.2) is 23.3 Å². The second kappa shape index (κ2) is 4.77. The third-order valence-corrected chi connectivity index (χ3v) is 3.33. The molecule has 1 heterocycles. The summed E-state index contributed by atoms with van der Waals surface area (Å²) in [6.45, 7) is 6.67. The lowest BCUT2D eigenvalue weighted by molar-refractivity contribution is -0.136. The first-order valence-electron chi connectivity index (χ1n) is 6.09. The number of aryl methyl sites for hydroxylation is 3. The summed E-state index contributed by atoms with van der Waals surface area (Å²) in [6, 6.07) is 4.27. The number of nitrogens with zero attached hydrogens (tertiary/aromatic N) is 1. The number of amides is 2. The second-order valence-electron chi connectivity index (χ2n) is 4.79. The van der Waals surface area contributed by atoms with Gasteiger partial charge in [-0.25, -0.2) is 0 Å². The number of rotatable bonds is 3. The Kier molecular flexibility index (Phi) is 3.32. The molecule has 3 nitrogen and oxygen atoms in total. The summed E-state index contributed by atoms with van der Waals surface area (Å²) in [5.41, 5.74) is 4.91. The van der Waals surface area contributed by atoms with Crippen molar-refractivity contribution in [3.05, 3.63) is 46.5 Å². The summed E-state index contributed by atoms with van der Waals surface area (Å²) >= 11 is 0. The van der Waals surface area contributed by atoms with E-state index in [0.29, 0.717) is 6.54 Å². The molecule has 1 aliphatic rings. The summed E-state index contributed by atoms with van der Waals surface area (Å²) in [5, 5.41) is 0. The zero-order chi connectivity index (χ0) is 13.3. The van der Waals surface area contributed by atoms with E-state index in [1.165, 1.54) is 39.3 Å². The van der Waals surface area contributed by atoms with Gasteiger partial charge in [0.25, 0.3) is 11.8 Å². The van der Waals surface area contributed by atoms with E-state index in [1.807, 2.05) is 0 Å². The maximum absolute atomic E-state index is 11.4. The van der Waals surface area contributed by atoms with Crippen LogP contribution in [0.2, 0.25) is 0 Å². The van der Waals surface area contributed by atoms with Crippen molar-refractivity contribution in [2.45, 2.75) is 27.2 Å². The minimum atomic E-state index is -0.206. The average molecular weight is 243 g/mol. The van der Waals surface area contributed by atoms with Crippen LogP contribution >= 0.6 is 0 Å². The van der Waals surface area contributed by atoms with E-state index in [4.69, 9.17) is 0 Å². The Morgan fingerprint density at radius 3 is 1.94 bits per heavy atom. The highest BCUT2D eigenvalue weighted by molar-refractivity contribution is 6.12. The maximum Gasteiger partial charge on any atom is 0.253 e. The van der Waals surface area contributed by atoms with Crippen LogP contribution in [0.3, 0.4) is 0 Å². The molecule has 0 atom stereocenters. The Morgan fingerprint density at radius 2 is 1.44 bits per heavy atom. The first-order valence-corrected chi connectivity index (χ1v) is 6.09. The molecule has 0 aliphatic carbocycles. The highest BCUT2D eigenvalue weighted by Crippen LogP contribution is 2.18. The fourth-order valence-corrected chi connectivity index (χ4v) is 2.48. The van der Waals surface area contributed by atoms with Gasteiger partial charge in [-0.3, -0.25) is 14.5 Å². The van der Waals surface area contributed by atoms with E-state index in [9.17, 15) is 9.59 Å². The lowest BCUT2D eigenvalue weighted by Gasteiger charge is -2.16. The van der Waals surface area contributed by atoms with Crippen LogP contribution < -0.4 is 0 Å². The normalized spacial score (nSPS) is 14.7. The Morgan fingerprint density at radius 1 is 0.944 bits per heavy atom. The van der Waals surface area contributed by atoms with Gasteiger partial charge in [0.1, 0.15) is 0 Å². The van der Waals surface area contributed by atoms with Crippen molar-refractivity contribution in [2.24, 2.45) is 0 Å². The van der Waals surface area contributed by atoms with Gasteiger partial charge in [-0.1, -0.05) is 17.7 Å². The van der Waals surface area contributed by atoms with Crippen molar-refractivity contribution < 1.29 is 9.59 Å². The van der Waals surface area contributed by atoms with E-state index >= 15 is 0 Å². The summed E-state index contributed by atoms with van der Waals surface area (Å²) in [5.74, 6) is -0.412. The summed E-state index contributed by atoms with van der Waals surface area (Å²) in [4.78, 5) is 24.2. The number of imide groups is 1. The molecule has 18 heavy (non-hydrogen) atoms. The molecule has 0 spiro atoms. The lowest BCUT2D eigenvalue weighted by Crippen LogP contribution is -2.32. The zero-order valence-electron chi connectivity index (χ0n) is 11.0. The summed E-state index contributed by atoms with van der Waals surface area (Å²) in [6.07, 6.45) is 3.38. The van der Waals surface area contributed by atoms with Crippen molar-refractivity contribution in [3.8, 4) is 0 Å². The van der Waals surface area contributed by atoms with Crippen molar-refractivity contribution in [3.63, 3.8) is 0 Å². The topological polar surface area (TPSA) is 37.4 Å². The SMILES string of the molecule is Cc1cc(C)c(CCN2C(=O)C=CC2=O)c(C)c1. The van der Waals surface area contributed by atoms with Crippen LogP contribution in [0.5, 0.6) is 0 Å². The van der Waals surface area contributed by atoms with E-state index in [1.54, 1.807) is 0 Å². The Labute approximate surface area is 107 Å². The molecular weight excluding hydrogens is 226 g/mol. The molecule has 1 aromatic carbocycles. The third kappa shape index (κ3) is 2.35. The number of carbonyl (C=O) groups is 2. The minimum absolute atomic E-state index is 0.206. The van der Waals surface area contributed by atoms with Crippen molar-refractivity contribution in [1.29, 1.82) is 0 Å². The average Bonchev–Trinajstić information content (AvgIpc) is 2.58. The quantitative estimate of drug-likeness (QED) is 0.762. The first-order chi connectivity index (χ1) is 8.49. The molecule has 0 N–H and O–H groups in total. The zero-order valence-corrected chi connectivity index (χ0v) is 11.0. The van der Waals surface area contributed by atoms with E-state index in [-0.39, 0.29) is 11.8 Å². The predicted molar refractivity (Wildman–Crippen MR) is 70.2 cm³/mol. The van der Waals surface area contributed by atoms with Crippen LogP contribution in [0, 0.1) is 20.8 Å². The van der Waals surface area contributed by atoms with Gasteiger partial charge in [-0.2, -0.15) is 0 Å². The molecule has 0 saturated heterocycles. The number of carbonyl (C=O) groups excluding carboxylic acids is 2. The molecule has 1 aromatic rings. The smallest absolute Gasteiger partial charge is 0.253 e. The number of hydrogen-bond acceptors (Lipinski definition) is 2. The van der Waals surface area contributed by atoms with E-state index in [2.05, 4.69) is 32.9 Å². The van der Waals surface area contributed by atoms with Crippen LogP contribution in [-0.2, 0) is 16.0 Å². The molecule has 0 radical (unpaired) electrons. The molecular formula is C15H17NO2. The molecule has 3 heteroatoms. The van der Waals surface area contributed by atoms with Crippen LogP contribution in [0.25, 0.3) is 0 Å². The Hall–Kier alpha value is -1.90. The molecule has 0 aromatic heterocycles. The third-order valence-electron chi connectivity index (χ3n) is 3.33. The van der Waals surface area contributed by atoms with Gasteiger partial charge in [-0.05, 0) is 43.9 Å². The van der Waals surface area contributed by atoms with Crippen LogP contribution in [0.1, 0.15) is 22.3 Å². The van der Waals surface area contributed by atoms with Crippen molar-refractivity contribution in [2.75, 3.05) is 6.54 Å². The molecule has 0 bridgehead atoms. The summed E-state index contributed by atoms with van der Waals surface area (Å²) in [7, 11) is 0. The first kappa shape index (κ1) is 12.6. The van der Waals surface area contributed by atoms with Gasteiger partial charge in [-0.15, -0.1) is 0 Å². The molecule has 0 fully saturated rings. The van der Waals surface area contributed by atoms with Gasteiger partial charge in [0.2, 0.25) is 0 Å². The van der Waals surface area contributed by atoms with Crippen LogP contribution in [0.4, 0.5) is 0 Å². The minimum Gasteiger partial charge on any atom is -0.275 e. The van der Waals surface area contributed by atoms with Gasteiger partial charge < -0.3 is 0 Å². The highest BCUT2D eigenvalue weighted by Gasteiger charge is 2.22. The van der Waals surface area contributed by atoms with Gasteiger partial charge in [0.05, 0.1) is 0 Å². The molecule has 1 aliphatic heterocycles. The Balaban J connectivity index is 2.12. The fourth-order valence-electron chi connectivity index (χ4n) is 2.48. The lowest BCUT2D eigenvalue weighted by atomic mass is 9.97. The van der Waals surface area contributed by atoms with Crippen molar-refractivity contribution >= 4 is 11.8 Å². The molecule has 94 valence electrons. The molecule has 0 saturated carbocycles. The highest BCUT2D eigenvalue weighted by atomic mass is 16.2. The summed E-state index contributed by atoms with van der Waals surface area (Å²) < 4.78 is 0. The second-order valence-corrected chi connectivity index (χ2v) is 4.79. The number of hydrogen-bond donors (Lipinski definition) is 0. The van der Waals surface area contributed by atoms with Crippen LogP contribution in [0.15, 0.2) is 24.3 Å². The van der Waals surface area contributed by atoms with Crippen molar-refractivity contribution in [1.82, 2.24) is 4.90 Å². The van der Waals surface area contributed by atoms with Gasteiger partial charge >= 0.3 is 0 Å². The Bertz CT molecular complexity index is 502. The van der Waals surface area contributed by atoms with Gasteiger partial charge in [0, 0.05) is 18.7 Å². The van der Waals surface area contributed by atoms with E-state index < -0.39 is 0 Å². The largest absolute Gasteiger partial charge is 0.275 e. The number of benzene rings is 1. The monoisotopic (exact) mass is 243 g/mol. The standard InChI is InChI=1S/C15H17NO2/c1-10-8-11(2)13(12(3)9-10)6-7-16-14(17)4-5-15(16)18/h4-5,8-9H,6-7H2,1-3H3. The van der Waals surface area contributed by atoms with E-state index in [0.717, 1.165) is 6.42 Å². The fraction of sp³-hybridized carbons (Fsp3) is 0.333. The molecule has 2 amide bonds. The maximum atomic E-state index is 11.4. The molecule has 2 rings (SSSR count). The molecule has 0 unspecified atom stereocenters.